The Morgan fingerprint density at radius 3 is 2.37 bits per heavy atom. The lowest BCUT2D eigenvalue weighted by Gasteiger charge is -2.20. The monoisotopic (exact) mass is 429 g/mol. The minimum Gasteiger partial charge on any atom is -0.478 e. The quantitative estimate of drug-likeness (QED) is 0.791. The van der Waals surface area contributed by atoms with E-state index < -0.39 is 5.97 Å². The SMILES string of the molecule is CN1CCc2ccc(N3CCN(CCc4ccc(C(=O)O)cc4)C3=O)cc2CC1.Cl. The number of aromatic carboxylic acids is 1. The van der Waals surface area contributed by atoms with Gasteiger partial charge in [0.15, 0.2) is 0 Å². The van der Waals surface area contributed by atoms with Gasteiger partial charge in [-0.1, -0.05) is 18.2 Å². The number of carboxylic acids is 1. The van der Waals surface area contributed by atoms with Crippen molar-refractivity contribution in [2.75, 3.05) is 44.7 Å². The Labute approximate surface area is 183 Å². The first-order valence-electron chi connectivity index (χ1n) is 10.2. The summed E-state index contributed by atoms with van der Waals surface area (Å²) in [5.74, 6) is -0.922. The van der Waals surface area contributed by atoms with Crippen LogP contribution in [0.2, 0.25) is 0 Å². The number of hydrogen-bond donors (Lipinski definition) is 1. The van der Waals surface area contributed by atoms with Crippen LogP contribution in [-0.4, -0.2) is 66.7 Å². The Hall–Kier alpha value is -2.57. The highest BCUT2D eigenvalue weighted by molar-refractivity contribution is 5.94. The first-order chi connectivity index (χ1) is 14.0. The van der Waals surface area contributed by atoms with Crippen molar-refractivity contribution >= 4 is 30.1 Å². The molecule has 0 atom stereocenters. The van der Waals surface area contributed by atoms with Gasteiger partial charge in [0.1, 0.15) is 0 Å². The van der Waals surface area contributed by atoms with E-state index in [1.54, 1.807) is 12.1 Å². The second-order valence-corrected chi connectivity index (χ2v) is 7.93. The van der Waals surface area contributed by atoms with Crippen LogP contribution in [-0.2, 0) is 19.3 Å². The number of carboxylic acid groups (broad SMARTS) is 1. The lowest BCUT2D eigenvalue weighted by atomic mass is 10.0. The van der Waals surface area contributed by atoms with Crippen molar-refractivity contribution in [3.63, 3.8) is 0 Å². The lowest BCUT2D eigenvalue weighted by Crippen LogP contribution is -2.33. The third-order valence-electron chi connectivity index (χ3n) is 5.99. The van der Waals surface area contributed by atoms with Crippen molar-refractivity contribution in [3.05, 3.63) is 64.7 Å². The number of anilines is 1. The van der Waals surface area contributed by atoms with Gasteiger partial charge in [0.2, 0.25) is 0 Å². The fourth-order valence-electron chi connectivity index (χ4n) is 4.10. The van der Waals surface area contributed by atoms with Crippen molar-refractivity contribution in [2.45, 2.75) is 19.3 Å². The van der Waals surface area contributed by atoms with Crippen molar-refractivity contribution < 1.29 is 14.7 Å². The topological polar surface area (TPSA) is 64.1 Å². The molecule has 0 saturated carbocycles. The number of carbonyl (C=O) groups is 2. The van der Waals surface area contributed by atoms with Crippen LogP contribution in [0.15, 0.2) is 42.5 Å². The number of amides is 2. The smallest absolute Gasteiger partial charge is 0.335 e. The fourth-order valence-corrected chi connectivity index (χ4v) is 4.10. The van der Waals surface area contributed by atoms with E-state index >= 15 is 0 Å². The fraction of sp³-hybridized carbons (Fsp3) is 0.391. The molecule has 1 fully saturated rings. The maximum atomic E-state index is 12.9. The van der Waals surface area contributed by atoms with Crippen molar-refractivity contribution in [1.82, 2.24) is 9.80 Å². The van der Waals surface area contributed by atoms with E-state index in [0.717, 1.165) is 43.6 Å². The number of urea groups is 1. The van der Waals surface area contributed by atoms with Crippen LogP contribution in [0.3, 0.4) is 0 Å². The molecule has 0 bridgehead atoms. The summed E-state index contributed by atoms with van der Waals surface area (Å²) in [6.45, 7) is 4.19. The molecule has 1 saturated heterocycles. The zero-order valence-corrected chi connectivity index (χ0v) is 18.0. The summed E-state index contributed by atoms with van der Waals surface area (Å²) in [4.78, 5) is 30.0. The average molecular weight is 430 g/mol. The molecule has 1 N–H and O–H groups in total. The predicted octanol–water partition coefficient (Wildman–Crippen LogP) is 3.32. The van der Waals surface area contributed by atoms with Crippen LogP contribution in [0, 0.1) is 0 Å². The minimum absolute atomic E-state index is 0. The van der Waals surface area contributed by atoms with E-state index in [0.29, 0.717) is 19.6 Å². The molecule has 30 heavy (non-hydrogen) atoms. The maximum Gasteiger partial charge on any atom is 0.335 e. The van der Waals surface area contributed by atoms with Gasteiger partial charge in [-0.3, -0.25) is 4.90 Å². The highest BCUT2D eigenvalue weighted by atomic mass is 35.5. The zero-order chi connectivity index (χ0) is 20.4. The molecule has 4 rings (SSSR count). The van der Waals surface area contributed by atoms with E-state index in [2.05, 4.69) is 30.1 Å². The molecule has 0 aromatic heterocycles. The maximum absolute atomic E-state index is 12.9. The van der Waals surface area contributed by atoms with Gasteiger partial charge in [-0.15, -0.1) is 12.4 Å². The first kappa shape index (κ1) is 22.1. The standard InChI is InChI=1S/C23H27N3O3.ClH/c1-24-11-9-18-6-7-21(16-20(18)10-12-24)26-15-14-25(23(26)29)13-8-17-2-4-19(5-3-17)22(27)28;/h2-7,16H,8-15H2,1H3,(H,27,28);1H. The van der Waals surface area contributed by atoms with Gasteiger partial charge >= 0.3 is 12.0 Å². The Morgan fingerprint density at radius 2 is 1.67 bits per heavy atom. The van der Waals surface area contributed by atoms with Crippen molar-refractivity contribution in [3.8, 4) is 0 Å². The molecule has 2 heterocycles. The molecular formula is C23H28ClN3O3. The van der Waals surface area contributed by atoms with Gasteiger partial charge < -0.3 is 14.9 Å². The van der Waals surface area contributed by atoms with E-state index in [4.69, 9.17) is 5.11 Å². The normalized spacial score (nSPS) is 16.8. The van der Waals surface area contributed by atoms with Crippen LogP contribution in [0.1, 0.15) is 27.0 Å². The summed E-state index contributed by atoms with van der Waals surface area (Å²) < 4.78 is 0. The summed E-state index contributed by atoms with van der Waals surface area (Å²) in [5, 5.41) is 8.99. The molecule has 2 aliphatic rings. The van der Waals surface area contributed by atoms with E-state index in [1.807, 2.05) is 21.9 Å². The number of nitrogens with zero attached hydrogens (tertiary/aromatic N) is 3. The second kappa shape index (κ2) is 9.49. The minimum atomic E-state index is -0.922. The number of fused-ring (bicyclic) bond motifs is 1. The predicted molar refractivity (Wildman–Crippen MR) is 120 cm³/mol. The van der Waals surface area contributed by atoms with Crippen molar-refractivity contribution in [1.29, 1.82) is 0 Å². The summed E-state index contributed by atoms with van der Waals surface area (Å²) in [5.41, 5.74) is 5.07. The van der Waals surface area contributed by atoms with Crippen LogP contribution < -0.4 is 4.90 Å². The number of benzene rings is 2. The van der Waals surface area contributed by atoms with Crippen molar-refractivity contribution in [2.24, 2.45) is 0 Å². The summed E-state index contributed by atoms with van der Waals surface area (Å²) in [6, 6.07) is 13.4. The highest BCUT2D eigenvalue weighted by Crippen LogP contribution is 2.26. The molecule has 2 aliphatic heterocycles. The number of carbonyl (C=O) groups excluding carboxylic acids is 1. The van der Waals surface area contributed by atoms with E-state index in [1.165, 1.54) is 11.1 Å². The van der Waals surface area contributed by atoms with E-state index in [9.17, 15) is 9.59 Å². The summed E-state index contributed by atoms with van der Waals surface area (Å²) in [6.07, 6.45) is 2.81. The lowest BCUT2D eigenvalue weighted by molar-refractivity contribution is 0.0697. The second-order valence-electron chi connectivity index (χ2n) is 7.93. The van der Waals surface area contributed by atoms with Crippen LogP contribution in [0.4, 0.5) is 10.5 Å². The molecule has 0 aliphatic carbocycles. The van der Waals surface area contributed by atoms with Gasteiger partial charge in [-0.2, -0.15) is 0 Å². The number of rotatable bonds is 5. The highest BCUT2D eigenvalue weighted by Gasteiger charge is 2.29. The summed E-state index contributed by atoms with van der Waals surface area (Å²) >= 11 is 0. The molecular weight excluding hydrogens is 402 g/mol. The Morgan fingerprint density at radius 1 is 0.967 bits per heavy atom. The van der Waals surface area contributed by atoms with Gasteiger partial charge in [-0.25, -0.2) is 9.59 Å². The number of likely N-dealkylation sites (N-methyl/N-ethyl adjacent to an activating group) is 1. The third-order valence-corrected chi connectivity index (χ3v) is 5.99. The van der Waals surface area contributed by atoms with Crippen LogP contribution >= 0.6 is 12.4 Å². The first-order valence-corrected chi connectivity index (χ1v) is 10.2. The molecule has 2 aromatic carbocycles. The van der Waals surface area contributed by atoms with Gasteiger partial charge in [0.05, 0.1) is 5.56 Å². The number of halogens is 1. The van der Waals surface area contributed by atoms with Gasteiger partial charge in [-0.05, 0) is 67.3 Å². The largest absolute Gasteiger partial charge is 0.478 e. The average Bonchev–Trinajstić information content (AvgIpc) is 2.99. The molecule has 7 heteroatoms. The third kappa shape index (κ3) is 4.77. The van der Waals surface area contributed by atoms with Crippen LogP contribution in [0.5, 0.6) is 0 Å². The van der Waals surface area contributed by atoms with Gasteiger partial charge in [0.25, 0.3) is 0 Å². The van der Waals surface area contributed by atoms with Gasteiger partial charge in [0, 0.05) is 38.4 Å². The molecule has 0 unspecified atom stereocenters. The molecule has 6 nitrogen and oxygen atoms in total. The Bertz CT molecular complexity index is 916. The number of hydrogen-bond acceptors (Lipinski definition) is 3. The zero-order valence-electron chi connectivity index (χ0n) is 17.2. The molecule has 160 valence electrons. The molecule has 0 radical (unpaired) electrons. The Balaban J connectivity index is 0.00000256. The molecule has 0 spiro atoms. The summed E-state index contributed by atoms with van der Waals surface area (Å²) in [7, 11) is 2.16. The van der Waals surface area contributed by atoms with Crippen LogP contribution in [0.25, 0.3) is 0 Å². The molecule has 2 aromatic rings. The van der Waals surface area contributed by atoms with E-state index in [-0.39, 0.29) is 24.0 Å². The molecule has 2 amide bonds. The Kier molecular flexibility index (Phi) is 7.00.